The number of carboxylic acid groups (broad SMARTS) is 1. The van der Waals surface area contributed by atoms with Gasteiger partial charge in [0, 0.05) is 13.1 Å². The maximum Gasteiger partial charge on any atom is 0.404 e. The topological polar surface area (TPSA) is 61.8 Å². The van der Waals surface area contributed by atoms with E-state index in [1.165, 1.54) is 0 Å². The first-order chi connectivity index (χ1) is 6.70. The molecule has 0 aliphatic carbocycles. The highest BCUT2D eigenvalue weighted by molar-refractivity contribution is 5.64. The van der Waals surface area contributed by atoms with E-state index in [1.54, 1.807) is 0 Å². The average Bonchev–Trinajstić information content (AvgIpc) is 2.16. The van der Waals surface area contributed by atoms with Crippen molar-refractivity contribution in [2.75, 3.05) is 39.4 Å². The summed E-state index contributed by atoms with van der Waals surface area (Å²) >= 11 is 0. The van der Waals surface area contributed by atoms with Crippen molar-refractivity contribution in [2.45, 2.75) is 13.8 Å². The van der Waals surface area contributed by atoms with Gasteiger partial charge in [-0.15, -0.1) is 0 Å². The van der Waals surface area contributed by atoms with Crippen molar-refractivity contribution in [3.05, 3.63) is 0 Å². The molecule has 0 radical (unpaired) electrons. The number of hydrogen-bond donors (Lipinski definition) is 2. The Morgan fingerprint density at radius 2 is 2.00 bits per heavy atom. The van der Waals surface area contributed by atoms with E-state index in [-0.39, 0.29) is 0 Å². The van der Waals surface area contributed by atoms with Gasteiger partial charge in [0.05, 0.1) is 13.2 Å². The maximum absolute atomic E-state index is 10.1. The van der Waals surface area contributed by atoms with Crippen molar-refractivity contribution in [3.63, 3.8) is 0 Å². The molecule has 0 atom stereocenters. The molecule has 2 N–H and O–H groups in total. The second kappa shape index (κ2) is 8.77. The quantitative estimate of drug-likeness (QED) is 0.569. The largest absolute Gasteiger partial charge is 0.465 e. The van der Waals surface area contributed by atoms with Crippen LogP contribution in [0, 0.1) is 0 Å². The van der Waals surface area contributed by atoms with Gasteiger partial charge in [-0.3, -0.25) is 0 Å². The molecule has 0 saturated heterocycles. The SMILES string of the molecule is CCN(CC)CCOCCNC(=O)O. The highest BCUT2D eigenvalue weighted by Crippen LogP contribution is 1.86. The molecule has 0 fully saturated rings. The van der Waals surface area contributed by atoms with Crippen molar-refractivity contribution in [1.82, 2.24) is 10.2 Å². The number of hydrogen-bond acceptors (Lipinski definition) is 3. The van der Waals surface area contributed by atoms with E-state index in [9.17, 15) is 4.79 Å². The fourth-order valence-electron chi connectivity index (χ4n) is 1.07. The molecule has 0 spiro atoms. The van der Waals surface area contributed by atoms with Crippen molar-refractivity contribution in [3.8, 4) is 0 Å². The molecule has 5 nitrogen and oxygen atoms in total. The smallest absolute Gasteiger partial charge is 0.404 e. The molecule has 0 saturated carbocycles. The molecule has 0 aromatic heterocycles. The Morgan fingerprint density at radius 3 is 2.50 bits per heavy atom. The number of ether oxygens (including phenoxy) is 1. The lowest BCUT2D eigenvalue weighted by Gasteiger charge is -2.17. The fraction of sp³-hybridized carbons (Fsp3) is 0.889. The summed E-state index contributed by atoms with van der Waals surface area (Å²) in [4.78, 5) is 12.3. The zero-order valence-corrected chi connectivity index (χ0v) is 8.95. The Bertz CT molecular complexity index is 149. The summed E-state index contributed by atoms with van der Waals surface area (Å²) < 4.78 is 5.25. The molecule has 0 heterocycles. The summed E-state index contributed by atoms with van der Waals surface area (Å²) in [6.07, 6.45) is -1.00. The van der Waals surface area contributed by atoms with Crippen molar-refractivity contribution in [1.29, 1.82) is 0 Å². The predicted octanol–water partition coefficient (Wildman–Crippen LogP) is 0.612. The van der Waals surface area contributed by atoms with Crippen LogP contribution in [0.5, 0.6) is 0 Å². The van der Waals surface area contributed by atoms with E-state index in [0.29, 0.717) is 19.8 Å². The molecule has 0 rings (SSSR count). The van der Waals surface area contributed by atoms with Crippen molar-refractivity contribution < 1.29 is 14.6 Å². The first-order valence-electron chi connectivity index (χ1n) is 4.97. The molecule has 0 aliphatic heterocycles. The molecule has 1 amide bonds. The molecule has 14 heavy (non-hydrogen) atoms. The molecule has 0 aromatic rings. The second-order valence-corrected chi connectivity index (χ2v) is 2.87. The van der Waals surface area contributed by atoms with Crippen LogP contribution in [0.3, 0.4) is 0 Å². The van der Waals surface area contributed by atoms with Crippen LogP contribution in [0.2, 0.25) is 0 Å². The van der Waals surface area contributed by atoms with Gasteiger partial charge in [0.2, 0.25) is 0 Å². The van der Waals surface area contributed by atoms with E-state index >= 15 is 0 Å². The summed E-state index contributed by atoms with van der Waals surface area (Å²) in [5.74, 6) is 0. The van der Waals surface area contributed by atoms with Gasteiger partial charge in [0.1, 0.15) is 0 Å². The van der Waals surface area contributed by atoms with Crippen LogP contribution in [0.1, 0.15) is 13.8 Å². The summed E-state index contributed by atoms with van der Waals surface area (Å²) in [5.41, 5.74) is 0. The second-order valence-electron chi connectivity index (χ2n) is 2.87. The lowest BCUT2D eigenvalue weighted by Crippen LogP contribution is -2.29. The maximum atomic E-state index is 10.1. The van der Waals surface area contributed by atoms with E-state index in [0.717, 1.165) is 19.6 Å². The van der Waals surface area contributed by atoms with Crippen LogP contribution in [0.15, 0.2) is 0 Å². The monoisotopic (exact) mass is 204 g/mol. The van der Waals surface area contributed by atoms with E-state index in [1.807, 2.05) is 0 Å². The first kappa shape index (κ1) is 13.2. The summed E-state index contributed by atoms with van der Waals surface area (Å²) in [6, 6.07) is 0. The molecule has 0 bridgehead atoms. The number of nitrogens with one attached hydrogen (secondary N) is 1. The third-order valence-corrected chi connectivity index (χ3v) is 1.97. The fourth-order valence-corrected chi connectivity index (χ4v) is 1.07. The normalized spacial score (nSPS) is 10.5. The summed E-state index contributed by atoms with van der Waals surface area (Å²) in [7, 11) is 0. The van der Waals surface area contributed by atoms with Gasteiger partial charge in [-0.25, -0.2) is 4.79 Å². The highest BCUT2D eigenvalue weighted by Gasteiger charge is 1.98. The summed E-state index contributed by atoms with van der Waals surface area (Å²) in [6.45, 7) is 8.61. The Labute approximate surface area is 85.0 Å². The van der Waals surface area contributed by atoms with E-state index in [4.69, 9.17) is 9.84 Å². The van der Waals surface area contributed by atoms with Gasteiger partial charge in [-0.2, -0.15) is 0 Å². The van der Waals surface area contributed by atoms with Crippen LogP contribution in [0.25, 0.3) is 0 Å². The minimum absolute atomic E-state index is 0.355. The van der Waals surface area contributed by atoms with Crippen LogP contribution in [0.4, 0.5) is 4.79 Å². The standard InChI is InChI=1S/C9H20N2O3/c1-3-11(4-2)6-8-14-7-5-10-9(12)13/h10H,3-8H2,1-2H3,(H,12,13). The Balaban J connectivity index is 3.16. The minimum atomic E-state index is -1.00. The third-order valence-electron chi connectivity index (χ3n) is 1.97. The lowest BCUT2D eigenvalue weighted by molar-refractivity contribution is 0.107. The third kappa shape index (κ3) is 7.82. The van der Waals surface area contributed by atoms with Crippen LogP contribution < -0.4 is 5.32 Å². The van der Waals surface area contributed by atoms with Gasteiger partial charge in [-0.1, -0.05) is 13.8 Å². The highest BCUT2D eigenvalue weighted by atomic mass is 16.5. The molecule has 0 unspecified atom stereocenters. The number of amides is 1. The van der Waals surface area contributed by atoms with Crippen LogP contribution >= 0.6 is 0 Å². The Kier molecular flexibility index (Phi) is 8.27. The van der Waals surface area contributed by atoms with Gasteiger partial charge >= 0.3 is 6.09 Å². The summed E-state index contributed by atoms with van der Waals surface area (Å²) in [5, 5.41) is 10.5. The molecular formula is C9H20N2O3. The molecule has 0 aromatic carbocycles. The van der Waals surface area contributed by atoms with Crippen LogP contribution in [-0.2, 0) is 4.74 Å². The first-order valence-corrected chi connectivity index (χ1v) is 4.97. The lowest BCUT2D eigenvalue weighted by atomic mass is 10.5. The van der Waals surface area contributed by atoms with Gasteiger partial charge in [0.25, 0.3) is 0 Å². The number of likely N-dealkylation sites (N-methyl/N-ethyl adjacent to an activating group) is 1. The number of carbonyl (C=O) groups is 1. The van der Waals surface area contributed by atoms with Gasteiger partial charge in [-0.05, 0) is 13.1 Å². The van der Waals surface area contributed by atoms with Crippen LogP contribution in [-0.4, -0.2) is 55.5 Å². The Hall–Kier alpha value is -0.810. The van der Waals surface area contributed by atoms with Crippen molar-refractivity contribution in [2.24, 2.45) is 0 Å². The van der Waals surface area contributed by atoms with E-state index in [2.05, 4.69) is 24.1 Å². The van der Waals surface area contributed by atoms with Gasteiger partial charge < -0.3 is 20.1 Å². The van der Waals surface area contributed by atoms with Crippen molar-refractivity contribution >= 4 is 6.09 Å². The van der Waals surface area contributed by atoms with E-state index < -0.39 is 6.09 Å². The molecule has 0 aliphatic rings. The number of nitrogens with zero attached hydrogens (tertiary/aromatic N) is 1. The minimum Gasteiger partial charge on any atom is -0.465 e. The Morgan fingerprint density at radius 1 is 1.36 bits per heavy atom. The molecule has 5 heteroatoms. The average molecular weight is 204 g/mol. The zero-order valence-electron chi connectivity index (χ0n) is 8.95. The predicted molar refractivity (Wildman–Crippen MR) is 54.6 cm³/mol. The molecule has 84 valence electrons. The number of rotatable bonds is 8. The van der Waals surface area contributed by atoms with Gasteiger partial charge in [0.15, 0.2) is 0 Å². The molecular weight excluding hydrogens is 184 g/mol. The zero-order chi connectivity index (χ0) is 10.8.